The van der Waals surface area contributed by atoms with Gasteiger partial charge in [0, 0.05) is 16.5 Å². The average molecular weight is 417 g/mol. The summed E-state index contributed by atoms with van der Waals surface area (Å²) in [6.07, 6.45) is 1.30. The van der Waals surface area contributed by atoms with E-state index < -0.39 is 4.92 Å². The van der Waals surface area contributed by atoms with Crippen LogP contribution in [0, 0.1) is 10.1 Å². The summed E-state index contributed by atoms with van der Waals surface area (Å²) < 4.78 is 10.6. The molecule has 0 fully saturated rings. The number of halogens is 1. The molecule has 0 radical (unpaired) electrons. The van der Waals surface area contributed by atoms with Crippen LogP contribution in [0.2, 0.25) is 5.02 Å². The van der Waals surface area contributed by atoms with Gasteiger partial charge in [0.25, 0.3) is 0 Å². The van der Waals surface area contributed by atoms with E-state index in [1.54, 1.807) is 30.3 Å². The van der Waals surface area contributed by atoms with E-state index in [1.807, 2.05) is 12.1 Å². The zero-order valence-electron chi connectivity index (χ0n) is 14.3. The maximum absolute atomic E-state index is 11.7. The summed E-state index contributed by atoms with van der Waals surface area (Å²) in [7, 11) is 0. The van der Waals surface area contributed by atoms with Crippen molar-refractivity contribution >= 4 is 34.9 Å². The molecule has 8 nitrogen and oxygen atoms in total. The number of hydrogen-bond acceptors (Lipinski definition) is 8. The Kier molecular flexibility index (Phi) is 5.18. The van der Waals surface area contributed by atoms with Crippen LogP contribution < -0.4 is 14.8 Å². The van der Waals surface area contributed by atoms with Crippen LogP contribution in [0.15, 0.2) is 58.7 Å². The van der Waals surface area contributed by atoms with Gasteiger partial charge < -0.3 is 14.8 Å². The molecule has 0 spiro atoms. The third-order valence-corrected chi connectivity index (χ3v) is 5.15. The summed E-state index contributed by atoms with van der Waals surface area (Å²) in [6, 6.07) is 12.5. The second-order valence-corrected chi connectivity index (χ2v) is 7.23. The summed E-state index contributed by atoms with van der Waals surface area (Å²) in [5, 5.41) is 15.5. The van der Waals surface area contributed by atoms with Gasteiger partial charge in [-0.15, -0.1) is 0 Å². The van der Waals surface area contributed by atoms with Crippen molar-refractivity contribution in [3.05, 3.63) is 69.5 Å². The highest BCUT2D eigenvalue weighted by molar-refractivity contribution is 7.99. The van der Waals surface area contributed by atoms with Crippen LogP contribution in [0.5, 0.6) is 11.5 Å². The molecule has 1 N–H and O–H groups in total. The van der Waals surface area contributed by atoms with Crippen LogP contribution in [0.4, 0.5) is 11.5 Å². The van der Waals surface area contributed by atoms with Crippen LogP contribution in [0.25, 0.3) is 0 Å². The lowest BCUT2D eigenvalue weighted by molar-refractivity contribution is -0.387. The van der Waals surface area contributed by atoms with E-state index in [9.17, 15) is 10.1 Å². The highest BCUT2D eigenvalue weighted by atomic mass is 35.5. The topological polar surface area (TPSA) is 99.4 Å². The summed E-state index contributed by atoms with van der Waals surface area (Å²) >= 11 is 7.06. The van der Waals surface area contributed by atoms with E-state index in [4.69, 9.17) is 21.1 Å². The number of nitrogens with one attached hydrogen (secondary N) is 1. The third-order valence-electron chi connectivity index (χ3n) is 3.90. The van der Waals surface area contributed by atoms with E-state index in [2.05, 4.69) is 15.3 Å². The Morgan fingerprint density at radius 3 is 2.71 bits per heavy atom. The number of ether oxygens (including phenoxy) is 2. The molecule has 1 aliphatic heterocycles. The Labute approximate surface area is 169 Å². The van der Waals surface area contributed by atoms with Crippen LogP contribution in [-0.2, 0) is 6.54 Å². The molecule has 1 aromatic heterocycles. The summed E-state index contributed by atoms with van der Waals surface area (Å²) in [6.45, 7) is 0.522. The predicted octanol–water partition coefficient (Wildman–Crippen LogP) is 4.53. The first-order valence-corrected chi connectivity index (χ1v) is 9.35. The van der Waals surface area contributed by atoms with Crippen LogP contribution in [0.3, 0.4) is 0 Å². The van der Waals surface area contributed by atoms with Gasteiger partial charge in [0.15, 0.2) is 16.5 Å². The fourth-order valence-electron chi connectivity index (χ4n) is 2.58. The van der Waals surface area contributed by atoms with Crippen molar-refractivity contribution in [2.75, 3.05) is 12.1 Å². The van der Waals surface area contributed by atoms with Crippen LogP contribution in [-0.4, -0.2) is 21.7 Å². The van der Waals surface area contributed by atoms with Crippen LogP contribution >= 0.6 is 23.4 Å². The van der Waals surface area contributed by atoms with E-state index in [1.165, 1.54) is 18.1 Å². The lowest BCUT2D eigenvalue weighted by atomic mass is 10.2. The molecule has 10 heteroatoms. The second kappa shape index (κ2) is 7.91. The van der Waals surface area contributed by atoms with E-state index in [0.717, 1.165) is 10.5 Å². The second-order valence-electron chi connectivity index (χ2n) is 5.73. The lowest BCUT2D eigenvalue weighted by Crippen LogP contribution is -2.06. The molecule has 3 aromatic rings. The standard InChI is InChI=1S/C18H13ClN4O4S/c19-12-2-4-13(5-3-12)28-18-16(23(24)25)17(21-9-22-18)20-8-11-1-6-14-15(7-11)27-10-26-14/h1-7,9H,8,10H2,(H,20,21,22). The summed E-state index contributed by atoms with van der Waals surface area (Å²) in [5.41, 5.74) is 0.701. The Morgan fingerprint density at radius 2 is 1.93 bits per heavy atom. The molecule has 2 heterocycles. The number of anilines is 1. The van der Waals surface area contributed by atoms with Crippen LogP contribution in [0.1, 0.15) is 5.56 Å². The maximum atomic E-state index is 11.7. The van der Waals surface area contributed by atoms with Gasteiger partial charge in [0.2, 0.25) is 12.6 Å². The van der Waals surface area contributed by atoms with Crippen molar-refractivity contribution in [1.29, 1.82) is 0 Å². The van der Waals surface area contributed by atoms with Gasteiger partial charge in [0.1, 0.15) is 6.33 Å². The molecule has 28 heavy (non-hydrogen) atoms. The number of benzene rings is 2. The zero-order chi connectivity index (χ0) is 19.5. The summed E-state index contributed by atoms with van der Waals surface area (Å²) in [5.74, 6) is 1.48. The molecule has 0 amide bonds. The molecule has 1 aliphatic rings. The Balaban J connectivity index is 1.56. The van der Waals surface area contributed by atoms with Gasteiger partial charge in [-0.25, -0.2) is 9.97 Å². The first-order valence-electron chi connectivity index (χ1n) is 8.15. The minimum atomic E-state index is -0.486. The predicted molar refractivity (Wildman–Crippen MR) is 104 cm³/mol. The number of nitrogens with zero attached hydrogens (tertiary/aromatic N) is 3. The van der Waals surface area contributed by atoms with Gasteiger partial charge in [-0.1, -0.05) is 29.4 Å². The number of rotatable bonds is 6. The Bertz CT molecular complexity index is 1030. The molecular formula is C18H13ClN4O4S. The van der Waals surface area contributed by atoms with Crippen molar-refractivity contribution in [2.45, 2.75) is 16.5 Å². The number of nitro groups is 1. The Hall–Kier alpha value is -3.04. The zero-order valence-corrected chi connectivity index (χ0v) is 15.9. The number of aromatic nitrogens is 2. The Morgan fingerprint density at radius 1 is 1.14 bits per heavy atom. The first kappa shape index (κ1) is 18.3. The van der Waals surface area contributed by atoms with Crippen molar-refractivity contribution in [1.82, 2.24) is 9.97 Å². The quantitative estimate of drug-likeness (QED) is 0.355. The van der Waals surface area contributed by atoms with E-state index in [-0.39, 0.29) is 23.3 Å². The van der Waals surface area contributed by atoms with Crippen molar-refractivity contribution < 1.29 is 14.4 Å². The largest absolute Gasteiger partial charge is 0.454 e. The van der Waals surface area contributed by atoms with Crippen molar-refractivity contribution in [3.8, 4) is 11.5 Å². The maximum Gasteiger partial charge on any atom is 0.343 e. The van der Waals surface area contributed by atoms with E-state index in [0.29, 0.717) is 23.1 Å². The number of hydrogen-bond donors (Lipinski definition) is 1. The lowest BCUT2D eigenvalue weighted by Gasteiger charge is -2.09. The van der Waals surface area contributed by atoms with Gasteiger partial charge in [0.05, 0.1) is 4.92 Å². The average Bonchev–Trinajstić information content (AvgIpc) is 3.16. The van der Waals surface area contributed by atoms with Gasteiger partial charge in [-0.05, 0) is 42.0 Å². The fourth-order valence-corrected chi connectivity index (χ4v) is 3.57. The monoisotopic (exact) mass is 416 g/mol. The fraction of sp³-hybridized carbons (Fsp3) is 0.111. The highest BCUT2D eigenvalue weighted by Crippen LogP contribution is 2.37. The number of fused-ring (bicyclic) bond motifs is 1. The molecule has 2 aromatic carbocycles. The summed E-state index contributed by atoms with van der Waals surface area (Å²) in [4.78, 5) is 20.1. The van der Waals surface area contributed by atoms with Crippen molar-refractivity contribution in [2.24, 2.45) is 0 Å². The molecule has 0 unspecified atom stereocenters. The van der Waals surface area contributed by atoms with Gasteiger partial charge in [-0.3, -0.25) is 10.1 Å². The SMILES string of the molecule is O=[N+]([O-])c1c(NCc2ccc3c(c2)OCO3)ncnc1Sc1ccc(Cl)cc1. The minimum absolute atomic E-state index is 0.147. The molecule has 0 atom stereocenters. The molecule has 0 bridgehead atoms. The minimum Gasteiger partial charge on any atom is -0.454 e. The normalized spacial score (nSPS) is 12.0. The third kappa shape index (κ3) is 3.95. The van der Waals surface area contributed by atoms with Crippen molar-refractivity contribution in [3.63, 3.8) is 0 Å². The van der Waals surface area contributed by atoms with Gasteiger partial charge >= 0.3 is 5.69 Å². The molecular weight excluding hydrogens is 404 g/mol. The molecule has 0 aliphatic carbocycles. The van der Waals surface area contributed by atoms with Gasteiger partial charge in [-0.2, -0.15) is 0 Å². The van der Waals surface area contributed by atoms with E-state index >= 15 is 0 Å². The highest BCUT2D eigenvalue weighted by Gasteiger charge is 2.24. The first-order chi connectivity index (χ1) is 13.6. The smallest absolute Gasteiger partial charge is 0.343 e. The molecule has 4 rings (SSSR count). The molecule has 0 saturated carbocycles. The molecule has 142 valence electrons. The molecule has 0 saturated heterocycles.